The average molecular weight is 537 g/mol. The third kappa shape index (κ3) is 8.01. The van der Waals surface area contributed by atoms with Crippen molar-refractivity contribution in [1.82, 2.24) is 10.6 Å². The van der Waals surface area contributed by atoms with Gasteiger partial charge in [-0.05, 0) is 66.1 Å². The van der Waals surface area contributed by atoms with Gasteiger partial charge in [0.2, 0.25) is 5.91 Å². The minimum Gasteiger partial charge on any atom is -0.396 e. The van der Waals surface area contributed by atoms with E-state index in [1.54, 1.807) is 0 Å². The summed E-state index contributed by atoms with van der Waals surface area (Å²) in [6.45, 7) is 4.28. The number of aliphatic hydroxyl groups is 1. The molecule has 0 aromatic heterocycles. The fourth-order valence-electron chi connectivity index (χ4n) is 5.27. The summed E-state index contributed by atoms with van der Waals surface area (Å²) in [5.41, 5.74) is 11.8. The van der Waals surface area contributed by atoms with Crippen LogP contribution in [0.5, 0.6) is 0 Å². The summed E-state index contributed by atoms with van der Waals surface area (Å²) in [5, 5.41) is 25.1. The molecule has 3 aromatic carbocycles. The van der Waals surface area contributed by atoms with E-state index in [1.165, 1.54) is 12.5 Å². The average Bonchev–Trinajstić information content (AvgIpc) is 2.95. The van der Waals surface area contributed by atoms with E-state index in [0.717, 1.165) is 35.1 Å². The van der Waals surface area contributed by atoms with Crippen molar-refractivity contribution in [2.75, 3.05) is 6.61 Å². The fourth-order valence-corrected chi connectivity index (χ4v) is 5.27. The zero-order chi connectivity index (χ0) is 28.5. The van der Waals surface area contributed by atoms with Crippen molar-refractivity contribution in [3.63, 3.8) is 0 Å². The number of amidine groups is 1. The number of nitrogens with one attached hydrogen (secondary N) is 3. The van der Waals surface area contributed by atoms with Gasteiger partial charge < -0.3 is 21.5 Å². The van der Waals surface area contributed by atoms with Crippen LogP contribution in [0.4, 0.5) is 0 Å². The van der Waals surface area contributed by atoms with Crippen molar-refractivity contribution in [2.45, 2.75) is 51.2 Å². The minimum absolute atomic E-state index is 0.0129. The number of aliphatic hydroxyl groups excluding tert-OH is 1. The van der Waals surface area contributed by atoms with Crippen LogP contribution >= 0.6 is 0 Å². The van der Waals surface area contributed by atoms with Gasteiger partial charge in [-0.25, -0.2) is 0 Å². The largest absolute Gasteiger partial charge is 0.396 e. The van der Waals surface area contributed by atoms with Gasteiger partial charge in [0, 0.05) is 43.1 Å². The van der Waals surface area contributed by atoms with Crippen molar-refractivity contribution in [3.05, 3.63) is 125 Å². The van der Waals surface area contributed by atoms with Gasteiger partial charge in [0.25, 0.3) is 0 Å². The highest BCUT2D eigenvalue weighted by Gasteiger charge is 2.30. The standard InChI is InChI=1S/C34H40N4O2/c1-24(40)37-22-27-11-7-12-29(20-27)28-14-16-34(2,17-15-28)38-32(21-25-8-4-3-5-9-25)31(23-39)19-26-10-6-13-30(18-26)33(35)36/h3-16,18,20,31-32,38-39H,17,19,21-23H2,1-2H3,(H3,35,36)(H,37,40). The lowest BCUT2D eigenvalue weighted by atomic mass is 9.83. The maximum absolute atomic E-state index is 11.3. The van der Waals surface area contributed by atoms with Crippen LogP contribution in [-0.2, 0) is 24.2 Å². The molecule has 1 aliphatic rings. The number of nitrogens with two attached hydrogens (primary N) is 1. The molecule has 0 aliphatic heterocycles. The van der Waals surface area contributed by atoms with Crippen molar-refractivity contribution in [1.29, 1.82) is 5.41 Å². The molecule has 0 spiro atoms. The molecule has 4 rings (SSSR count). The normalized spacial score (nSPS) is 18.0. The van der Waals surface area contributed by atoms with Crippen molar-refractivity contribution in [3.8, 4) is 0 Å². The Morgan fingerprint density at radius 2 is 1.73 bits per heavy atom. The van der Waals surface area contributed by atoms with Crippen LogP contribution in [-0.4, -0.2) is 35.0 Å². The van der Waals surface area contributed by atoms with E-state index in [4.69, 9.17) is 11.1 Å². The molecule has 3 atom stereocenters. The molecule has 40 heavy (non-hydrogen) atoms. The summed E-state index contributed by atoms with van der Waals surface area (Å²) in [4.78, 5) is 11.3. The maximum atomic E-state index is 11.3. The maximum Gasteiger partial charge on any atom is 0.217 e. The summed E-state index contributed by atoms with van der Waals surface area (Å²) >= 11 is 0. The second-order valence-electron chi connectivity index (χ2n) is 10.9. The molecule has 1 amide bonds. The molecule has 0 saturated carbocycles. The predicted octanol–water partition coefficient (Wildman–Crippen LogP) is 4.76. The van der Waals surface area contributed by atoms with E-state index in [9.17, 15) is 9.90 Å². The number of amides is 1. The Labute approximate surface area is 237 Å². The Morgan fingerprint density at radius 1 is 1.00 bits per heavy atom. The number of nitrogen functional groups attached to an aromatic ring is 1. The highest BCUT2D eigenvalue weighted by atomic mass is 16.3. The SMILES string of the molecule is CC(=O)NCc1cccc(C2=CCC(C)(NC(Cc3ccccc3)C(CO)Cc3cccc(C(=N)N)c3)C=C2)c1. The zero-order valence-corrected chi connectivity index (χ0v) is 23.4. The number of rotatable bonds is 12. The second kappa shape index (κ2) is 13.4. The Kier molecular flexibility index (Phi) is 9.70. The van der Waals surface area contributed by atoms with Crippen LogP contribution in [0.3, 0.4) is 0 Å². The Bertz CT molecular complexity index is 1380. The van der Waals surface area contributed by atoms with Gasteiger partial charge in [-0.1, -0.05) is 85.0 Å². The van der Waals surface area contributed by atoms with E-state index in [0.29, 0.717) is 18.5 Å². The first-order chi connectivity index (χ1) is 19.2. The molecule has 0 heterocycles. The molecule has 6 nitrogen and oxygen atoms in total. The summed E-state index contributed by atoms with van der Waals surface area (Å²) in [7, 11) is 0. The van der Waals surface area contributed by atoms with Gasteiger partial charge in [-0.3, -0.25) is 10.2 Å². The smallest absolute Gasteiger partial charge is 0.217 e. The van der Waals surface area contributed by atoms with Gasteiger partial charge in [0.15, 0.2) is 0 Å². The number of carbonyl (C=O) groups is 1. The predicted molar refractivity (Wildman–Crippen MR) is 163 cm³/mol. The third-order valence-corrected chi connectivity index (χ3v) is 7.53. The van der Waals surface area contributed by atoms with Gasteiger partial charge in [-0.2, -0.15) is 0 Å². The van der Waals surface area contributed by atoms with E-state index < -0.39 is 0 Å². The number of benzene rings is 3. The molecule has 3 unspecified atom stereocenters. The molecule has 1 aliphatic carbocycles. The minimum atomic E-state index is -0.286. The lowest BCUT2D eigenvalue weighted by Crippen LogP contribution is -2.52. The summed E-state index contributed by atoms with van der Waals surface area (Å²) in [6, 6.07) is 26.4. The van der Waals surface area contributed by atoms with Crippen LogP contribution in [0.15, 0.2) is 97.1 Å². The Morgan fingerprint density at radius 3 is 2.40 bits per heavy atom. The zero-order valence-electron chi connectivity index (χ0n) is 23.4. The fraction of sp³-hybridized carbons (Fsp3) is 0.294. The van der Waals surface area contributed by atoms with E-state index in [2.05, 4.69) is 60.1 Å². The molecule has 6 heteroatoms. The molecular weight excluding hydrogens is 496 g/mol. The molecule has 0 fully saturated rings. The first-order valence-corrected chi connectivity index (χ1v) is 13.8. The lowest BCUT2D eigenvalue weighted by Gasteiger charge is -2.38. The monoisotopic (exact) mass is 536 g/mol. The summed E-state index contributed by atoms with van der Waals surface area (Å²) in [5.74, 6) is -0.0326. The van der Waals surface area contributed by atoms with Crippen LogP contribution in [0.2, 0.25) is 0 Å². The molecule has 0 saturated heterocycles. The first kappa shape index (κ1) is 29.0. The highest BCUT2D eigenvalue weighted by molar-refractivity contribution is 5.95. The van der Waals surface area contributed by atoms with Gasteiger partial charge in [-0.15, -0.1) is 0 Å². The lowest BCUT2D eigenvalue weighted by molar-refractivity contribution is -0.119. The third-order valence-electron chi connectivity index (χ3n) is 7.53. The number of hydrogen-bond donors (Lipinski definition) is 5. The Hall–Kier alpha value is -4.00. The van der Waals surface area contributed by atoms with Crippen molar-refractivity contribution in [2.24, 2.45) is 11.7 Å². The molecular formula is C34H40N4O2. The molecule has 0 radical (unpaired) electrons. The molecule has 0 bridgehead atoms. The van der Waals surface area contributed by atoms with Crippen LogP contribution in [0.25, 0.3) is 5.57 Å². The second-order valence-corrected chi connectivity index (χ2v) is 10.9. The summed E-state index contributed by atoms with van der Waals surface area (Å²) < 4.78 is 0. The van der Waals surface area contributed by atoms with Crippen LogP contribution < -0.4 is 16.4 Å². The number of hydrogen-bond acceptors (Lipinski definition) is 4. The van der Waals surface area contributed by atoms with Crippen LogP contribution in [0, 0.1) is 11.3 Å². The van der Waals surface area contributed by atoms with Crippen LogP contribution in [0.1, 0.15) is 48.1 Å². The Balaban J connectivity index is 1.52. The van der Waals surface area contributed by atoms with E-state index >= 15 is 0 Å². The van der Waals surface area contributed by atoms with Gasteiger partial charge in [0.1, 0.15) is 5.84 Å². The van der Waals surface area contributed by atoms with Gasteiger partial charge in [0.05, 0.1) is 0 Å². The molecule has 208 valence electrons. The van der Waals surface area contributed by atoms with E-state index in [-0.39, 0.29) is 35.8 Å². The summed E-state index contributed by atoms with van der Waals surface area (Å²) in [6.07, 6.45) is 8.91. The number of carbonyl (C=O) groups excluding carboxylic acids is 1. The van der Waals surface area contributed by atoms with Crippen molar-refractivity contribution < 1.29 is 9.90 Å². The highest BCUT2D eigenvalue weighted by Crippen LogP contribution is 2.29. The number of allylic oxidation sites excluding steroid dienone is 2. The molecule has 3 aromatic rings. The topological polar surface area (TPSA) is 111 Å². The van der Waals surface area contributed by atoms with E-state index in [1.807, 2.05) is 54.6 Å². The first-order valence-electron chi connectivity index (χ1n) is 13.8. The molecule has 6 N–H and O–H groups in total. The van der Waals surface area contributed by atoms with Crippen molar-refractivity contribution >= 4 is 17.3 Å². The van der Waals surface area contributed by atoms with Gasteiger partial charge >= 0.3 is 0 Å². The quantitative estimate of drug-likeness (QED) is 0.170.